The Labute approximate surface area is 109 Å². The monoisotopic (exact) mass is 282 g/mol. The van der Waals surface area contributed by atoms with Crippen LogP contribution < -0.4 is 5.56 Å². The fourth-order valence-electron chi connectivity index (χ4n) is 1.58. The molecule has 1 aromatic heterocycles. The summed E-state index contributed by atoms with van der Waals surface area (Å²) in [5.41, 5.74) is -0.714. The maximum atomic E-state index is 13.4. The minimum absolute atomic E-state index is 0.00945. The van der Waals surface area contributed by atoms with Crippen molar-refractivity contribution in [2.45, 2.75) is 10.8 Å². The van der Waals surface area contributed by atoms with E-state index in [0.717, 1.165) is 4.57 Å². The smallest absolute Gasteiger partial charge is 0.288 e. The normalized spacial score (nSPS) is 11.5. The van der Waals surface area contributed by atoms with E-state index in [1.165, 1.54) is 43.7 Å². The van der Waals surface area contributed by atoms with E-state index in [0.29, 0.717) is 0 Å². The fraction of sp³-hybridized carbons (Fsp3) is 0.167. The van der Waals surface area contributed by atoms with Crippen LogP contribution in [0.2, 0.25) is 0 Å². The van der Waals surface area contributed by atoms with Gasteiger partial charge in [0, 0.05) is 25.0 Å². The standard InChI is InChI=1S/C12H11FN2O3S/c1-15-7-6-14-11(12(15)16)19(17,18)8-9-4-2-3-5-10(9)13/h2-7H,8H2,1H3. The van der Waals surface area contributed by atoms with Gasteiger partial charge in [-0.05, 0) is 6.07 Å². The number of benzene rings is 1. The molecular formula is C12H11FN2O3S. The zero-order valence-electron chi connectivity index (χ0n) is 10.1. The van der Waals surface area contributed by atoms with Crippen molar-refractivity contribution < 1.29 is 12.8 Å². The van der Waals surface area contributed by atoms with Gasteiger partial charge < -0.3 is 4.57 Å². The predicted molar refractivity (Wildman–Crippen MR) is 66.8 cm³/mol. The fourth-order valence-corrected chi connectivity index (χ4v) is 2.99. The SMILES string of the molecule is Cn1ccnc(S(=O)(=O)Cc2ccccc2F)c1=O. The highest BCUT2D eigenvalue weighted by molar-refractivity contribution is 7.90. The molecule has 0 saturated carbocycles. The Hall–Kier alpha value is -2.02. The van der Waals surface area contributed by atoms with E-state index in [-0.39, 0.29) is 5.56 Å². The molecule has 0 amide bonds. The largest absolute Gasteiger partial charge is 0.315 e. The van der Waals surface area contributed by atoms with Gasteiger partial charge in [-0.3, -0.25) is 4.79 Å². The van der Waals surface area contributed by atoms with Crippen molar-refractivity contribution in [2.75, 3.05) is 0 Å². The van der Waals surface area contributed by atoms with Crippen molar-refractivity contribution in [3.63, 3.8) is 0 Å². The third-order valence-corrected chi connectivity index (χ3v) is 4.14. The number of aryl methyl sites for hydroxylation is 1. The number of hydrogen-bond acceptors (Lipinski definition) is 4. The summed E-state index contributed by atoms with van der Waals surface area (Å²) in [4.78, 5) is 15.3. The number of rotatable bonds is 3. The summed E-state index contributed by atoms with van der Waals surface area (Å²) in [6, 6.07) is 5.53. The molecule has 0 N–H and O–H groups in total. The molecule has 0 aliphatic rings. The molecule has 0 spiro atoms. The Morgan fingerprint density at radius 2 is 2.00 bits per heavy atom. The minimum atomic E-state index is -3.97. The van der Waals surface area contributed by atoms with Crippen molar-refractivity contribution in [2.24, 2.45) is 7.05 Å². The average molecular weight is 282 g/mol. The Balaban J connectivity index is 2.47. The molecular weight excluding hydrogens is 271 g/mol. The van der Waals surface area contributed by atoms with E-state index in [4.69, 9.17) is 0 Å². The van der Waals surface area contributed by atoms with Crippen LogP contribution in [0.1, 0.15) is 5.56 Å². The van der Waals surface area contributed by atoms with Gasteiger partial charge in [-0.2, -0.15) is 0 Å². The van der Waals surface area contributed by atoms with Crippen molar-refractivity contribution in [3.05, 3.63) is 58.4 Å². The molecule has 1 heterocycles. The molecule has 0 radical (unpaired) electrons. The van der Waals surface area contributed by atoms with Crippen LogP contribution in [0.25, 0.3) is 0 Å². The third kappa shape index (κ3) is 2.70. The highest BCUT2D eigenvalue weighted by atomic mass is 32.2. The first kappa shape index (κ1) is 13.4. The molecule has 2 aromatic rings. The zero-order chi connectivity index (χ0) is 14.0. The molecule has 5 nitrogen and oxygen atoms in total. The summed E-state index contributed by atoms with van der Waals surface area (Å²) in [6.07, 6.45) is 2.57. The van der Waals surface area contributed by atoms with Crippen LogP contribution in [0.15, 0.2) is 46.5 Å². The maximum absolute atomic E-state index is 13.4. The number of halogens is 1. The van der Waals surface area contributed by atoms with Gasteiger partial charge in [0.1, 0.15) is 5.82 Å². The number of sulfone groups is 1. The summed E-state index contributed by atoms with van der Waals surface area (Å²) < 4.78 is 38.7. The quantitative estimate of drug-likeness (QED) is 0.838. The van der Waals surface area contributed by atoms with Gasteiger partial charge in [0.05, 0.1) is 5.75 Å². The highest BCUT2D eigenvalue weighted by Crippen LogP contribution is 2.14. The van der Waals surface area contributed by atoms with E-state index in [9.17, 15) is 17.6 Å². The predicted octanol–water partition coefficient (Wildman–Crippen LogP) is 0.893. The van der Waals surface area contributed by atoms with Crippen LogP contribution in [0, 0.1) is 5.82 Å². The molecule has 1 aromatic carbocycles. The van der Waals surface area contributed by atoms with E-state index in [1.807, 2.05) is 0 Å². The summed E-state index contributed by atoms with van der Waals surface area (Å²) in [6.45, 7) is 0. The molecule has 0 aliphatic carbocycles. The molecule has 0 bridgehead atoms. The molecule has 0 unspecified atom stereocenters. The molecule has 0 fully saturated rings. The summed E-state index contributed by atoms with van der Waals surface area (Å²) >= 11 is 0. The van der Waals surface area contributed by atoms with Gasteiger partial charge >= 0.3 is 0 Å². The van der Waals surface area contributed by atoms with Gasteiger partial charge in [-0.15, -0.1) is 0 Å². The molecule has 0 atom stereocenters. The second-order valence-electron chi connectivity index (χ2n) is 4.00. The lowest BCUT2D eigenvalue weighted by atomic mass is 10.2. The first-order valence-electron chi connectivity index (χ1n) is 5.39. The van der Waals surface area contributed by atoms with Gasteiger partial charge in [0.25, 0.3) is 5.56 Å². The lowest BCUT2D eigenvalue weighted by Gasteiger charge is -2.05. The first-order chi connectivity index (χ1) is 8.92. The summed E-state index contributed by atoms with van der Waals surface area (Å²) in [7, 11) is -2.55. The second-order valence-corrected chi connectivity index (χ2v) is 5.90. The van der Waals surface area contributed by atoms with E-state index in [2.05, 4.69) is 4.98 Å². The van der Waals surface area contributed by atoms with Crippen molar-refractivity contribution in [1.29, 1.82) is 0 Å². The van der Waals surface area contributed by atoms with Crippen LogP contribution in [-0.2, 0) is 22.6 Å². The van der Waals surface area contributed by atoms with Crippen LogP contribution in [-0.4, -0.2) is 18.0 Å². The van der Waals surface area contributed by atoms with Gasteiger partial charge in [-0.1, -0.05) is 18.2 Å². The number of aromatic nitrogens is 2. The van der Waals surface area contributed by atoms with E-state index < -0.39 is 32.0 Å². The Kier molecular flexibility index (Phi) is 3.48. The van der Waals surface area contributed by atoms with Gasteiger partial charge in [-0.25, -0.2) is 17.8 Å². The Morgan fingerprint density at radius 3 is 2.68 bits per heavy atom. The molecule has 100 valence electrons. The first-order valence-corrected chi connectivity index (χ1v) is 7.05. The summed E-state index contributed by atoms with van der Waals surface area (Å²) in [5.74, 6) is -1.22. The topological polar surface area (TPSA) is 69.0 Å². The molecule has 19 heavy (non-hydrogen) atoms. The van der Waals surface area contributed by atoms with Gasteiger partial charge in [0.2, 0.25) is 14.9 Å². The van der Waals surface area contributed by atoms with Crippen molar-refractivity contribution in [3.8, 4) is 0 Å². The van der Waals surface area contributed by atoms with E-state index >= 15 is 0 Å². The average Bonchev–Trinajstić information content (AvgIpc) is 2.35. The number of nitrogens with zero attached hydrogens (tertiary/aromatic N) is 2. The molecule has 0 aliphatic heterocycles. The van der Waals surface area contributed by atoms with Crippen LogP contribution in [0.3, 0.4) is 0 Å². The van der Waals surface area contributed by atoms with Crippen LogP contribution in [0.5, 0.6) is 0 Å². The molecule has 7 heteroatoms. The Morgan fingerprint density at radius 1 is 1.32 bits per heavy atom. The Bertz CT molecular complexity index is 769. The van der Waals surface area contributed by atoms with Crippen molar-refractivity contribution >= 4 is 9.84 Å². The lowest BCUT2D eigenvalue weighted by Crippen LogP contribution is -2.26. The van der Waals surface area contributed by atoms with Crippen LogP contribution in [0.4, 0.5) is 4.39 Å². The molecule has 0 saturated heterocycles. The van der Waals surface area contributed by atoms with Crippen molar-refractivity contribution in [1.82, 2.24) is 9.55 Å². The lowest BCUT2D eigenvalue weighted by molar-refractivity contribution is 0.580. The van der Waals surface area contributed by atoms with E-state index in [1.54, 1.807) is 0 Å². The maximum Gasteiger partial charge on any atom is 0.288 e. The minimum Gasteiger partial charge on any atom is -0.315 e. The van der Waals surface area contributed by atoms with Crippen LogP contribution >= 0.6 is 0 Å². The zero-order valence-corrected chi connectivity index (χ0v) is 10.9. The van der Waals surface area contributed by atoms with Gasteiger partial charge in [0.15, 0.2) is 0 Å². The highest BCUT2D eigenvalue weighted by Gasteiger charge is 2.22. The molecule has 2 rings (SSSR count). The summed E-state index contributed by atoms with van der Waals surface area (Å²) in [5, 5.41) is -0.569. The second kappa shape index (κ2) is 4.93. The third-order valence-electron chi connectivity index (χ3n) is 2.58. The number of hydrogen-bond donors (Lipinski definition) is 0.